The number of nitrogens with one attached hydrogen (secondary N) is 1. The van der Waals surface area contributed by atoms with E-state index in [4.69, 9.17) is 12.2 Å². The van der Waals surface area contributed by atoms with Crippen LogP contribution >= 0.6 is 12.2 Å². The maximum absolute atomic E-state index is 13.2. The lowest BCUT2D eigenvalue weighted by molar-refractivity contribution is -0.122. The number of aryl methyl sites for hydroxylation is 2. The quantitative estimate of drug-likeness (QED) is 0.411. The highest BCUT2D eigenvalue weighted by Crippen LogP contribution is 2.24. The molecule has 0 bridgehead atoms. The Hall–Kier alpha value is -3.51. The van der Waals surface area contributed by atoms with Crippen molar-refractivity contribution in [3.05, 3.63) is 89.3 Å². The summed E-state index contributed by atoms with van der Waals surface area (Å²) >= 11 is 5.27. The molecule has 5 nitrogen and oxygen atoms in total. The first-order valence-corrected chi connectivity index (χ1v) is 9.58. The first-order chi connectivity index (χ1) is 14.0. The average molecular weight is 401 g/mol. The monoisotopic (exact) mass is 401 g/mol. The Morgan fingerprint density at radius 2 is 1.62 bits per heavy atom. The van der Waals surface area contributed by atoms with Gasteiger partial charge in [-0.25, -0.2) is 0 Å². The molecule has 1 aliphatic heterocycles. The topological polar surface area (TPSA) is 54.3 Å². The van der Waals surface area contributed by atoms with Crippen molar-refractivity contribution >= 4 is 40.9 Å². The number of aromatic nitrogens is 1. The molecule has 1 N–H and O–H groups in total. The molecule has 0 aliphatic carbocycles. The van der Waals surface area contributed by atoms with Crippen LogP contribution < -0.4 is 10.2 Å². The Bertz CT molecular complexity index is 1160. The van der Waals surface area contributed by atoms with Crippen molar-refractivity contribution in [2.45, 2.75) is 13.8 Å². The van der Waals surface area contributed by atoms with Crippen LogP contribution in [0.1, 0.15) is 17.0 Å². The van der Waals surface area contributed by atoms with Gasteiger partial charge in [0.2, 0.25) is 0 Å². The van der Waals surface area contributed by atoms with Crippen LogP contribution in [0.15, 0.2) is 72.3 Å². The molecule has 0 spiro atoms. The Morgan fingerprint density at radius 1 is 0.897 bits per heavy atom. The van der Waals surface area contributed by atoms with E-state index in [1.165, 1.54) is 4.90 Å². The van der Waals surface area contributed by atoms with Crippen LogP contribution in [-0.4, -0.2) is 21.5 Å². The molecular weight excluding hydrogens is 382 g/mol. The van der Waals surface area contributed by atoms with Crippen molar-refractivity contribution in [2.75, 3.05) is 4.90 Å². The lowest BCUT2D eigenvalue weighted by Crippen LogP contribution is -2.54. The molecule has 3 aromatic rings. The van der Waals surface area contributed by atoms with Gasteiger partial charge in [0.25, 0.3) is 11.8 Å². The standard InChI is InChI=1S/C23H19N3O2S/c1-15-7-6-10-18(13-15)26-22(28)20(21(27)24-23(26)29)14-19-12-11-16(2)25(19)17-8-4-3-5-9-17/h3-14H,1-2H3,(H,24,27,29)/b20-14+. The highest BCUT2D eigenvalue weighted by molar-refractivity contribution is 7.80. The van der Waals surface area contributed by atoms with Crippen molar-refractivity contribution in [3.8, 4) is 5.69 Å². The fourth-order valence-corrected chi connectivity index (χ4v) is 3.69. The third-order valence-corrected chi connectivity index (χ3v) is 5.06. The molecule has 0 radical (unpaired) electrons. The SMILES string of the molecule is Cc1cccc(N2C(=O)/C(=C/c3ccc(C)n3-c3ccccc3)C(=O)NC2=S)c1. The van der Waals surface area contributed by atoms with Gasteiger partial charge in [-0.2, -0.15) is 0 Å². The van der Waals surface area contributed by atoms with Gasteiger partial charge in [-0.05, 0) is 74.1 Å². The van der Waals surface area contributed by atoms with Gasteiger partial charge in [-0.1, -0.05) is 30.3 Å². The van der Waals surface area contributed by atoms with E-state index in [1.807, 2.05) is 79.1 Å². The molecule has 2 amide bonds. The summed E-state index contributed by atoms with van der Waals surface area (Å²) < 4.78 is 2.00. The molecule has 2 heterocycles. The molecule has 4 rings (SSSR count). The second kappa shape index (κ2) is 7.48. The summed E-state index contributed by atoms with van der Waals surface area (Å²) in [4.78, 5) is 27.2. The van der Waals surface area contributed by atoms with Crippen LogP contribution in [0, 0.1) is 13.8 Å². The summed E-state index contributed by atoms with van der Waals surface area (Å²) in [5.41, 5.74) is 4.35. The van der Waals surface area contributed by atoms with Crippen LogP contribution in [0.2, 0.25) is 0 Å². The van der Waals surface area contributed by atoms with E-state index in [-0.39, 0.29) is 10.7 Å². The van der Waals surface area contributed by atoms with E-state index >= 15 is 0 Å². The van der Waals surface area contributed by atoms with E-state index in [9.17, 15) is 9.59 Å². The highest BCUT2D eigenvalue weighted by Gasteiger charge is 2.34. The molecule has 29 heavy (non-hydrogen) atoms. The number of hydrogen-bond donors (Lipinski definition) is 1. The molecule has 2 aromatic carbocycles. The van der Waals surface area contributed by atoms with Crippen LogP contribution in [-0.2, 0) is 9.59 Å². The predicted octanol–water partition coefficient (Wildman–Crippen LogP) is 3.93. The van der Waals surface area contributed by atoms with Crippen molar-refractivity contribution in [3.63, 3.8) is 0 Å². The Kier molecular flexibility index (Phi) is 4.86. The van der Waals surface area contributed by atoms with E-state index in [0.29, 0.717) is 5.69 Å². The minimum absolute atomic E-state index is 0.0374. The summed E-state index contributed by atoms with van der Waals surface area (Å²) in [7, 11) is 0. The Labute approximate surface area is 174 Å². The predicted molar refractivity (Wildman–Crippen MR) is 118 cm³/mol. The molecule has 144 valence electrons. The van der Waals surface area contributed by atoms with Crippen molar-refractivity contribution in [2.24, 2.45) is 0 Å². The molecule has 1 fully saturated rings. The zero-order chi connectivity index (χ0) is 20.5. The molecule has 1 saturated heterocycles. The van der Waals surface area contributed by atoms with Gasteiger partial charge in [-0.3, -0.25) is 19.8 Å². The fourth-order valence-electron chi connectivity index (χ4n) is 3.41. The van der Waals surface area contributed by atoms with Crippen molar-refractivity contribution < 1.29 is 9.59 Å². The van der Waals surface area contributed by atoms with Gasteiger partial charge in [0.1, 0.15) is 5.57 Å². The highest BCUT2D eigenvalue weighted by atomic mass is 32.1. The Balaban J connectivity index is 1.79. The van der Waals surface area contributed by atoms with Crippen LogP contribution in [0.5, 0.6) is 0 Å². The van der Waals surface area contributed by atoms with Crippen molar-refractivity contribution in [1.82, 2.24) is 9.88 Å². The number of nitrogens with zero attached hydrogens (tertiary/aromatic N) is 2. The second-order valence-corrected chi connectivity index (χ2v) is 7.25. The van der Waals surface area contributed by atoms with Gasteiger partial charge in [0.15, 0.2) is 5.11 Å². The second-order valence-electron chi connectivity index (χ2n) is 6.87. The summed E-state index contributed by atoms with van der Waals surface area (Å²) in [6.45, 7) is 3.91. The van der Waals surface area contributed by atoms with E-state index in [0.717, 1.165) is 22.6 Å². The molecule has 0 atom stereocenters. The average Bonchev–Trinajstić information content (AvgIpc) is 3.06. The lowest BCUT2D eigenvalue weighted by atomic mass is 10.1. The first kappa shape index (κ1) is 18.8. The molecule has 0 saturated carbocycles. The molecular formula is C23H19N3O2S. The summed E-state index contributed by atoms with van der Waals surface area (Å²) in [5, 5.41) is 2.72. The largest absolute Gasteiger partial charge is 0.314 e. The molecule has 1 aromatic heterocycles. The maximum atomic E-state index is 13.2. The number of thiocarbonyl (C=S) groups is 1. The number of carbonyl (C=O) groups excluding carboxylic acids is 2. The van der Waals surface area contributed by atoms with Crippen LogP contribution in [0.25, 0.3) is 11.8 Å². The third kappa shape index (κ3) is 3.50. The van der Waals surface area contributed by atoms with Gasteiger partial charge >= 0.3 is 0 Å². The van der Waals surface area contributed by atoms with Crippen LogP contribution in [0.3, 0.4) is 0 Å². The zero-order valence-corrected chi connectivity index (χ0v) is 16.9. The minimum Gasteiger partial charge on any atom is -0.314 e. The third-order valence-electron chi connectivity index (χ3n) is 4.77. The fraction of sp³-hybridized carbons (Fsp3) is 0.0870. The number of anilines is 1. The molecule has 6 heteroatoms. The number of amides is 2. The van der Waals surface area contributed by atoms with E-state index < -0.39 is 11.8 Å². The normalized spacial score (nSPS) is 15.7. The van der Waals surface area contributed by atoms with Crippen LogP contribution in [0.4, 0.5) is 5.69 Å². The van der Waals surface area contributed by atoms with Gasteiger partial charge in [0, 0.05) is 17.1 Å². The summed E-state index contributed by atoms with van der Waals surface area (Å²) in [5.74, 6) is -0.940. The first-order valence-electron chi connectivity index (χ1n) is 9.17. The number of para-hydroxylation sites is 1. The minimum atomic E-state index is -0.498. The Morgan fingerprint density at radius 3 is 2.34 bits per heavy atom. The number of rotatable bonds is 3. The zero-order valence-electron chi connectivity index (χ0n) is 16.0. The maximum Gasteiger partial charge on any atom is 0.270 e. The number of benzene rings is 2. The molecule has 1 aliphatic rings. The summed E-state index contributed by atoms with van der Waals surface area (Å²) in [6, 6.07) is 21.1. The van der Waals surface area contributed by atoms with E-state index in [2.05, 4.69) is 5.32 Å². The smallest absolute Gasteiger partial charge is 0.270 e. The van der Waals surface area contributed by atoms with Crippen molar-refractivity contribution in [1.29, 1.82) is 0 Å². The number of carbonyl (C=O) groups is 2. The van der Waals surface area contributed by atoms with Gasteiger partial charge in [-0.15, -0.1) is 0 Å². The lowest BCUT2D eigenvalue weighted by Gasteiger charge is -2.29. The molecule has 0 unspecified atom stereocenters. The summed E-state index contributed by atoms with van der Waals surface area (Å²) in [6.07, 6.45) is 1.61. The number of hydrogen-bond acceptors (Lipinski definition) is 3. The van der Waals surface area contributed by atoms with Gasteiger partial charge < -0.3 is 4.57 Å². The van der Waals surface area contributed by atoms with Gasteiger partial charge in [0.05, 0.1) is 5.69 Å². The van der Waals surface area contributed by atoms with E-state index in [1.54, 1.807) is 12.1 Å².